The van der Waals surface area contributed by atoms with E-state index in [1.807, 2.05) is 55.5 Å². The molecule has 0 bridgehead atoms. The molecule has 1 saturated heterocycles. The first-order chi connectivity index (χ1) is 21.9. The lowest BCUT2D eigenvalue weighted by molar-refractivity contribution is -0.122. The number of ether oxygens (including phenoxy) is 5. The number of rotatable bonds is 12. The Bertz CT molecular complexity index is 1720. The van der Waals surface area contributed by atoms with E-state index in [4.69, 9.17) is 23.7 Å². The van der Waals surface area contributed by atoms with Crippen molar-refractivity contribution in [2.24, 2.45) is 0 Å². The summed E-state index contributed by atoms with van der Waals surface area (Å²) in [5, 5.41) is 2.23. The van der Waals surface area contributed by atoms with Gasteiger partial charge in [0.1, 0.15) is 24.5 Å². The predicted octanol–water partition coefficient (Wildman–Crippen LogP) is 5.93. The van der Waals surface area contributed by atoms with Crippen LogP contribution in [0.2, 0.25) is 0 Å². The van der Waals surface area contributed by atoms with Gasteiger partial charge in [0.15, 0.2) is 23.0 Å². The summed E-state index contributed by atoms with van der Waals surface area (Å²) in [6.45, 7) is 2.83. The molecule has 4 amide bonds. The Hall–Kier alpha value is -5.77. The normalized spacial score (nSPS) is 13.8. The van der Waals surface area contributed by atoms with Gasteiger partial charge in [0.2, 0.25) is 0 Å². The Balaban J connectivity index is 1.31. The molecule has 10 heteroatoms. The largest absolute Gasteiger partial charge is 0.497 e. The van der Waals surface area contributed by atoms with Crippen molar-refractivity contribution in [2.45, 2.75) is 20.1 Å². The van der Waals surface area contributed by atoms with Gasteiger partial charge in [-0.1, -0.05) is 42.5 Å². The highest BCUT2D eigenvalue weighted by molar-refractivity contribution is 6.39. The topological polar surface area (TPSA) is 113 Å². The van der Waals surface area contributed by atoms with Crippen LogP contribution in [-0.4, -0.2) is 38.7 Å². The lowest BCUT2D eigenvalue weighted by Gasteiger charge is -2.26. The lowest BCUT2D eigenvalue weighted by Crippen LogP contribution is -2.54. The quantitative estimate of drug-likeness (QED) is 0.156. The Morgan fingerprint density at radius 2 is 1.38 bits per heavy atom. The van der Waals surface area contributed by atoms with Crippen molar-refractivity contribution in [2.75, 3.05) is 25.7 Å². The summed E-state index contributed by atoms with van der Waals surface area (Å²) in [6, 6.07) is 26.0. The van der Waals surface area contributed by atoms with Gasteiger partial charge < -0.3 is 23.7 Å². The highest BCUT2D eigenvalue weighted by Crippen LogP contribution is 2.33. The van der Waals surface area contributed by atoms with E-state index in [-0.39, 0.29) is 12.2 Å². The summed E-state index contributed by atoms with van der Waals surface area (Å²) < 4.78 is 28.5. The number of methoxy groups -OCH3 is 2. The third-order valence-electron chi connectivity index (χ3n) is 6.87. The number of carbonyl (C=O) groups excluding carboxylic acids is 3. The van der Waals surface area contributed by atoms with Crippen molar-refractivity contribution < 1.29 is 38.1 Å². The maximum Gasteiger partial charge on any atom is 0.335 e. The van der Waals surface area contributed by atoms with Crippen LogP contribution in [0.5, 0.6) is 28.7 Å². The van der Waals surface area contributed by atoms with Gasteiger partial charge in [-0.2, -0.15) is 0 Å². The number of anilines is 1. The van der Waals surface area contributed by atoms with E-state index in [1.165, 1.54) is 13.2 Å². The summed E-state index contributed by atoms with van der Waals surface area (Å²) in [4.78, 5) is 39.4. The van der Waals surface area contributed by atoms with E-state index >= 15 is 0 Å². The van der Waals surface area contributed by atoms with Crippen molar-refractivity contribution in [3.8, 4) is 28.7 Å². The summed E-state index contributed by atoms with van der Waals surface area (Å²) >= 11 is 0. The molecule has 0 saturated carbocycles. The number of barbiturate groups is 1. The summed E-state index contributed by atoms with van der Waals surface area (Å²) in [5.41, 5.74) is 2.49. The molecule has 0 unspecified atom stereocenters. The minimum absolute atomic E-state index is 0.205. The molecule has 45 heavy (non-hydrogen) atoms. The fourth-order valence-corrected chi connectivity index (χ4v) is 4.61. The molecule has 10 nitrogen and oxygen atoms in total. The first-order valence-corrected chi connectivity index (χ1v) is 14.2. The van der Waals surface area contributed by atoms with E-state index in [0.717, 1.165) is 16.0 Å². The minimum atomic E-state index is -0.835. The zero-order chi connectivity index (χ0) is 31.8. The minimum Gasteiger partial charge on any atom is -0.497 e. The third kappa shape index (κ3) is 7.24. The lowest BCUT2D eigenvalue weighted by atomic mass is 10.1. The van der Waals surface area contributed by atoms with Crippen LogP contribution in [0.25, 0.3) is 6.08 Å². The molecule has 1 heterocycles. The van der Waals surface area contributed by atoms with Crippen molar-refractivity contribution in [3.05, 3.63) is 113 Å². The molecule has 4 aromatic carbocycles. The molecule has 230 valence electrons. The molecule has 0 atom stereocenters. The van der Waals surface area contributed by atoms with Crippen molar-refractivity contribution in [3.63, 3.8) is 0 Å². The number of nitrogens with zero attached hydrogens (tertiary/aromatic N) is 1. The molecular formula is C35H32N2O8. The Labute approximate surface area is 260 Å². The zero-order valence-corrected chi connectivity index (χ0v) is 25.1. The second-order valence-corrected chi connectivity index (χ2v) is 9.84. The molecule has 0 aromatic heterocycles. The SMILES string of the molecule is CCOc1cc(/C=C2\C(=O)NC(=O)N(c3ccc(OC)cc3)C2=O)ccc1OCc1ccc(OCc2ccccc2)c(OC)c1. The molecule has 1 fully saturated rings. The van der Waals surface area contributed by atoms with Crippen LogP contribution in [0.15, 0.2) is 96.6 Å². The van der Waals surface area contributed by atoms with Gasteiger partial charge >= 0.3 is 6.03 Å². The number of benzene rings is 4. The highest BCUT2D eigenvalue weighted by Gasteiger charge is 2.36. The van der Waals surface area contributed by atoms with Gasteiger partial charge in [-0.05, 0) is 78.2 Å². The molecular weight excluding hydrogens is 576 g/mol. The Morgan fingerprint density at radius 3 is 2.07 bits per heavy atom. The number of carbonyl (C=O) groups is 3. The first kappa shape index (κ1) is 30.7. The van der Waals surface area contributed by atoms with E-state index < -0.39 is 17.8 Å². The highest BCUT2D eigenvalue weighted by atomic mass is 16.5. The maximum atomic E-state index is 13.3. The van der Waals surface area contributed by atoms with Gasteiger partial charge in [-0.15, -0.1) is 0 Å². The van der Waals surface area contributed by atoms with E-state index in [9.17, 15) is 14.4 Å². The molecule has 0 radical (unpaired) electrons. The maximum absolute atomic E-state index is 13.3. The second kappa shape index (κ2) is 14.1. The Kier molecular flexibility index (Phi) is 9.64. The average Bonchev–Trinajstić information content (AvgIpc) is 3.06. The smallest absolute Gasteiger partial charge is 0.335 e. The number of hydrogen-bond acceptors (Lipinski definition) is 8. The Morgan fingerprint density at radius 1 is 0.689 bits per heavy atom. The number of urea groups is 1. The van der Waals surface area contributed by atoms with Gasteiger partial charge in [0.25, 0.3) is 11.8 Å². The van der Waals surface area contributed by atoms with Crippen molar-refractivity contribution in [1.29, 1.82) is 0 Å². The number of imide groups is 2. The molecule has 1 N–H and O–H groups in total. The van der Waals surface area contributed by atoms with Gasteiger partial charge in [0, 0.05) is 0 Å². The molecule has 0 aliphatic carbocycles. The predicted molar refractivity (Wildman–Crippen MR) is 168 cm³/mol. The van der Waals surface area contributed by atoms with Crippen LogP contribution in [-0.2, 0) is 22.8 Å². The van der Waals surface area contributed by atoms with Crippen molar-refractivity contribution in [1.82, 2.24) is 5.32 Å². The molecule has 5 rings (SSSR count). The van der Waals surface area contributed by atoms with Crippen LogP contribution in [0.3, 0.4) is 0 Å². The molecule has 0 spiro atoms. The summed E-state index contributed by atoms with van der Waals surface area (Å²) in [7, 11) is 3.09. The second-order valence-electron chi connectivity index (χ2n) is 9.84. The monoisotopic (exact) mass is 608 g/mol. The fourth-order valence-electron chi connectivity index (χ4n) is 4.61. The molecule has 1 aliphatic heterocycles. The fraction of sp³-hybridized carbons (Fsp3) is 0.171. The average molecular weight is 609 g/mol. The number of nitrogens with one attached hydrogen (secondary N) is 1. The van der Waals surface area contributed by atoms with Crippen LogP contribution in [0, 0.1) is 0 Å². The van der Waals surface area contributed by atoms with Gasteiger partial charge in [-0.25, -0.2) is 9.69 Å². The van der Waals surface area contributed by atoms with Crippen LogP contribution >= 0.6 is 0 Å². The van der Waals surface area contributed by atoms with Gasteiger partial charge in [0.05, 0.1) is 26.5 Å². The standard InChI is InChI=1S/C35H32N2O8/c1-4-43-32-19-24(18-28-33(38)36-35(40)37(34(28)39)26-12-14-27(41-2)15-13-26)10-16-30(32)45-22-25-11-17-29(31(20-25)42-3)44-21-23-8-6-5-7-9-23/h5-20H,4,21-22H2,1-3H3,(H,36,38,40)/b28-18+. The van der Waals surface area contributed by atoms with Crippen LogP contribution < -0.4 is 33.9 Å². The molecule has 1 aliphatic rings. The number of amides is 4. The number of hydrogen-bond donors (Lipinski definition) is 1. The first-order valence-electron chi connectivity index (χ1n) is 14.2. The van der Waals surface area contributed by atoms with E-state index in [2.05, 4.69) is 5.32 Å². The van der Waals surface area contributed by atoms with Gasteiger partial charge in [-0.3, -0.25) is 14.9 Å². The van der Waals surface area contributed by atoms with Crippen LogP contribution in [0.4, 0.5) is 10.5 Å². The van der Waals surface area contributed by atoms with Crippen molar-refractivity contribution >= 4 is 29.6 Å². The van der Waals surface area contributed by atoms with E-state index in [1.54, 1.807) is 49.6 Å². The van der Waals surface area contributed by atoms with Crippen LogP contribution in [0.1, 0.15) is 23.6 Å². The third-order valence-corrected chi connectivity index (χ3v) is 6.87. The van der Waals surface area contributed by atoms with E-state index in [0.29, 0.717) is 53.2 Å². The summed E-state index contributed by atoms with van der Waals surface area (Å²) in [5.74, 6) is 1.11. The molecule has 4 aromatic rings. The summed E-state index contributed by atoms with van der Waals surface area (Å²) in [6.07, 6.45) is 1.41. The zero-order valence-electron chi connectivity index (χ0n) is 25.1.